The molecule has 0 saturated heterocycles. The van der Waals surface area contributed by atoms with Crippen molar-refractivity contribution in [3.8, 4) is 0 Å². The van der Waals surface area contributed by atoms with E-state index < -0.39 is 29.6 Å². The predicted octanol–water partition coefficient (Wildman–Crippen LogP) is 3.02. The van der Waals surface area contributed by atoms with Gasteiger partial charge in [-0.3, -0.25) is 19.6 Å². The molecule has 0 saturated carbocycles. The van der Waals surface area contributed by atoms with Crippen molar-refractivity contribution in [2.75, 3.05) is 13.7 Å². The van der Waals surface area contributed by atoms with E-state index in [1.807, 2.05) is 70.2 Å². The number of nitrogens with two attached hydrogens (primary N) is 1. The molecule has 4 N–H and O–H groups in total. The zero-order valence-electron chi connectivity index (χ0n) is 19.7. The molecule has 0 radical (unpaired) electrons. The molecule has 178 valence electrons. The van der Waals surface area contributed by atoms with Gasteiger partial charge in [-0.25, -0.2) is 16.3 Å². The lowest BCUT2D eigenvalue weighted by atomic mass is 9.73. The fraction of sp³-hybridized carbons (Fsp3) is 0.542. The standard InChI is InChI=1S/C24H37N3O5/c1-16(2)13-19(12-11-18-9-7-6-8-10-18)22(23(29)26-31)20(14-17(3)4)24(30)27(25)21(28)15-32-5/h6-12,16-17,19-20,22,31H,13-15,25H2,1-5H3,(H,26,29)/b12-11+/t19?,20-,22+/m1/s1. The van der Waals surface area contributed by atoms with Gasteiger partial charge >= 0.3 is 0 Å². The van der Waals surface area contributed by atoms with Crippen LogP contribution in [0.2, 0.25) is 0 Å². The largest absolute Gasteiger partial charge is 0.375 e. The zero-order valence-corrected chi connectivity index (χ0v) is 19.7. The molecule has 0 aromatic heterocycles. The van der Waals surface area contributed by atoms with Crippen LogP contribution in [0, 0.1) is 29.6 Å². The minimum absolute atomic E-state index is 0.0432. The van der Waals surface area contributed by atoms with Crippen LogP contribution in [0.5, 0.6) is 0 Å². The summed E-state index contributed by atoms with van der Waals surface area (Å²) in [5.41, 5.74) is 2.68. The maximum Gasteiger partial charge on any atom is 0.269 e. The first kappa shape index (κ1) is 27.5. The number of hydroxylamine groups is 1. The van der Waals surface area contributed by atoms with Gasteiger partial charge in [-0.15, -0.1) is 0 Å². The zero-order chi connectivity index (χ0) is 24.3. The van der Waals surface area contributed by atoms with Crippen LogP contribution in [0.3, 0.4) is 0 Å². The third kappa shape index (κ3) is 8.53. The van der Waals surface area contributed by atoms with E-state index >= 15 is 0 Å². The van der Waals surface area contributed by atoms with Crippen LogP contribution >= 0.6 is 0 Å². The van der Waals surface area contributed by atoms with Gasteiger partial charge in [-0.1, -0.05) is 70.2 Å². The Kier molecular flexibility index (Phi) is 11.8. The summed E-state index contributed by atoms with van der Waals surface area (Å²) in [5, 5.41) is 10.0. The molecular formula is C24H37N3O5. The van der Waals surface area contributed by atoms with Crippen molar-refractivity contribution in [3.05, 3.63) is 42.0 Å². The van der Waals surface area contributed by atoms with Crippen LogP contribution < -0.4 is 11.3 Å². The molecular weight excluding hydrogens is 410 g/mol. The SMILES string of the molecule is COCC(=O)N(N)C(=O)[C@H](CC(C)C)[C@@H](C(=O)NO)C(/C=C/c1ccccc1)CC(C)C. The molecule has 0 bridgehead atoms. The molecule has 8 heteroatoms. The Morgan fingerprint density at radius 3 is 2.19 bits per heavy atom. The summed E-state index contributed by atoms with van der Waals surface area (Å²) >= 11 is 0. The van der Waals surface area contributed by atoms with Crippen molar-refractivity contribution in [3.63, 3.8) is 0 Å². The van der Waals surface area contributed by atoms with Crippen molar-refractivity contribution in [2.45, 2.75) is 40.5 Å². The second kappa shape index (κ2) is 13.8. The molecule has 1 rings (SSSR count). The number of hydrogen-bond acceptors (Lipinski definition) is 6. The van der Waals surface area contributed by atoms with E-state index in [0.717, 1.165) is 5.56 Å². The smallest absolute Gasteiger partial charge is 0.269 e. The van der Waals surface area contributed by atoms with Crippen molar-refractivity contribution >= 4 is 23.8 Å². The van der Waals surface area contributed by atoms with Crippen molar-refractivity contribution in [1.29, 1.82) is 0 Å². The Labute approximate surface area is 190 Å². The molecule has 1 aromatic carbocycles. The monoisotopic (exact) mass is 447 g/mol. The summed E-state index contributed by atoms with van der Waals surface area (Å²) < 4.78 is 4.80. The van der Waals surface area contributed by atoms with E-state index in [2.05, 4.69) is 0 Å². The molecule has 8 nitrogen and oxygen atoms in total. The molecule has 0 heterocycles. The topological polar surface area (TPSA) is 122 Å². The van der Waals surface area contributed by atoms with Crippen LogP contribution in [-0.2, 0) is 19.1 Å². The minimum Gasteiger partial charge on any atom is -0.375 e. The fourth-order valence-electron chi connectivity index (χ4n) is 3.84. The van der Waals surface area contributed by atoms with Crippen LogP contribution in [0.25, 0.3) is 6.08 Å². The molecule has 0 aliphatic heterocycles. The third-order valence-electron chi connectivity index (χ3n) is 5.20. The van der Waals surface area contributed by atoms with E-state index in [9.17, 15) is 19.6 Å². The number of ether oxygens (including phenoxy) is 1. The highest BCUT2D eigenvalue weighted by Gasteiger charge is 2.41. The first-order valence-corrected chi connectivity index (χ1v) is 10.9. The number of methoxy groups -OCH3 is 1. The number of benzene rings is 1. The molecule has 0 aliphatic rings. The number of hydrogen-bond donors (Lipinski definition) is 3. The maximum absolute atomic E-state index is 13.3. The van der Waals surface area contributed by atoms with E-state index in [-0.39, 0.29) is 24.4 Å². The fourth-order valence-corrected chi connectivity index (χ4v) is 3.84. The Bertz CT molecular complexity index is 764. The lowest BCUT2D eigenvalue weighted by molar-refractivity contribution is -0.155. The Balaban J connectivity index is 3.43. The van der Waals surface area contributed by atoms with Crippen molar-refractivity contribution in [2.24, 2.45) is 35.4 Å². The summed E-state index contributed by atoms with van der Waals surface area (Å²) in [5.74, 6) is 1.82. The molecule has 1 aromatic rings. The normalized spacial score (nSPS) is 14.4. The highest BCUT2D eigenvalue weighted by atomic mass is 16.5. The number of nitrogens with zero attached hydrogens (tertiary/aromatic N) is 1. The molecule has 0 fully saturated rings. The summed E-state index contributed by atoms with van der Waals surface area (Å²) in [6.07, 6.45) is 4.71. The molecule has 3 atom stereocenters. The van der Waals surface area contributed by atoms with E-state index in [0.29, 0.717) is 17.9 Å². The van der Waals surface area contributed by atoms with Crippen LogP contribution in [0.4, 0.5) is 0 Å². The number of imide groups is 1. The summed E-state index contributed by atoms with van der Waals surface area (Å²) in [6, 6.07) is 9.61. The minimum atomic E-state index is -0.918. The average Bonchev–Trinajstić information content (AvgIpc) is 2.75. The van der Waals surface area contributed by atoms with Gasteiger partial charge in [0.2, 0.25) is 11.8 Å². The summed E-state index contributed by atoms with van der Waals surface area (Å²) in [7, 11) is 1.33. The predicted molar refractivity (Wildman–Crippen MR) is 123 cm³/mol. The number of hydrazine groups is 1. The van der Waals surface area contributed by atoms with E-state index in [1.54, 1.807) is 5.48 Å². The molecule has 0 aliphatic carbocycles. The average molecular weight is 448 g/mol. The molecule has 1 unspecified atom stereocenters. The van der Waals surface area contributed by atoms with Crippen LogP contribution in [0.1, 0.15) is 46.1 Å². The van der Waals surface area contributed by atoms with E-state index in [1.165, 1.54) is 7.11 Å². The Hall–Kier alpha value is -2.55. The van der Waals surface area contributed by atoms with E-state index in [4.69, 9.17) is 10.6 Å². The number of rotatable bonds is 12. The first-order chi connectivity index (χ1) is 15.1. The first-order valence-electron chi connectivity index (χ1n) is 10.9. The lowest BCUT2D eigenvalue weighted by Gasteiger charge is -2.33. The van der Waals surface area contributed by atoms with Gasteiger partial charge in [0.25, 0.3) is 5.91 Å². The highest BCUT2D eigenvalue weighted by molar-refractivity contribution is 5.98. The van der Waals surface area contributed by atoms with Gasteiger partial charge in [0.1, 0.15) is 6.61 Å². The summed E-state index contributed by atoms with van der Waals surface area (Å²) in [6.45, 7) is 7.53. The molecule has 32 heavy (non-hydrogen) atoms. The van der Waals surface area contributed by atoms with Crippen LogP contribution in [-0.4, -0.2) is 41.7 Å². The third-order valence-corrected chi connectivity index (χ3v) is 5.20. The number of carbonyl (C=O) groups excluding carboxylic acids is 3. The Morgan fingerprint density at radius 1 is 1.09 bits per heavy atom. The number of amides is 3. The number of nitrogens with one attached hydrogen (secondary N) is 1. The van der Waals surface area contributed by atoms with Gasteiger partial charge in [0.05, 0.1) is 11.8 Å². The quantitative estimate of drug-likeness (QED) is 0.196. The maximum atomic E-state index is 13.3. The van der Waals surface area contributed by atoms with Crippen molar-refractivity contribution in [1.82, 2.24) is 10.5 Å². The molecule has 3 amide bonds. The Morgan fingerprint density at radius 2 is 1.69 bits per heavy atom. The highest BCUT2D eigenvalue weighted by Crippen LogP contribution is 2.34. The second-order valence-corrected chi connectivity index (χ2v) is 8.84. The van der Waals surface area contributed by atoms with Gasteiger partial charge in [0.15, 0.2) is 0 Å². The lowest BCUT2D eigenvalue weighted by Crippen LogP contribution is -2.52. The van der Waals surface area contributed by atoms with Gasteiger partial charge in [-0.05, 0) is 36.2 Å². The molecule has 0 spiro atoms. The number of carbonyl (C=O) groups is 3. The summed E-state index contributed by atoms with van der Waals surface area (Å²) in [4.78, 5) is 38.3. The number of allylic oxidation sites excluding steroid dienone is 1. The van der Waals surface area contributed by atoms with Gasteiger partial charge < -0.3 is 4.74 Å². The van der Waals surface area contributed by atoms with Crippen molar-refractivity contribution < 1.29 is 24.3 Å². The van der Waals surface area contributed by atoms with Crippen LogP contribution in [0.15, 0.2) is 36.4 Å². The van der Waals surface area contributed by atoms with Gasteiger partial charge in [0, 0.05) is 7.11 Å². The second-order valence-electron chi connectivity index (χ2n) is 8.84. The van der Waals surface area contributed by atoms with Gasteiger partial charge in [-0.2, -0.15) is 0 Å².